The molecule has 0 bridgehead atoms. The summed E-state index contributed by atoms with van der Waals surface area (Å²) in [5, 5.41) is 0. The van der Waals surface area contributed by atoms with Crippen molar-refractivity contribution in [2.45, 2.75) is 105 Å². The van der Waals surface area contributed by atoms with Gasteiger partial charge in [-0.2, -0.15) is 0 Å². The molecule has 1 N–H and O–H groups in total. The number of ether oxygens (including phenoxy) is 1. The molecule has 3 nitrogen and oxygen atoms in total. The summed E-state index contributed by atoms with van der Waals surface area (Å²) >= 11 is 0. The highest BCUT2D eigenvalue weighted by Crippen LogP contribution is 2.44. The standard InChI is InChI=1S/C56H64N2O/c1-37(17-15-16-34-59-14)50(51-46(38-18-26-42(27-19-38)53(2,3)4)35-48(57-51)40-22-30-44(31-23-40)55(8,9)10)52-47(39-20-28-43(29-21-39)54(5,6)7)36-49(58-52)41-24-32-45(33-25-41)56(11,12)13/h15-36,57H,1H2,2-14H3/b17-15-,34-16-,52-50-. The van der Waals surface area contributed by atoms with E-state index in [9.17, 15) is 0 Å². The summed E-state index contributed by atoms with van der Waals surface area (Å²) in [5.41, 5.74) is 17.4. The molecule has 1 aliphatic heterocycles. The summed E-state index contributed by atoms with van der Waals surface area (Å²) in [6, 6.07) is 38.2. The van der Waals surface area contributed by atoms with Gasteiger partial charge < -0.3 is 9.72 Å². The van der Waals surface area contributed by atoms with Crippen molar-refractivity contribution < 1.29 is 4.74 Å². The first-order valence-corrected chi connectivity index (χ1v) is 20.9. The molecule has 5 aromatic rings. The van der Waals surface area contributed by atoms with Crippen LogP contribution in [0.15, 0.2) is 157 Å². The smallest absolute Gasteiger partial charge is 0.0824 e. The minimum atomic E-state index is 0.0286. The minimum absolute atomic E-state index is 0.0286. The van der Waals surface area contributed by atoms with E-state index in [1.54, 1.807) is 13.4 Å². The van der Waals surface area contributed by atoms with Gasteiger partial charge in [-0.15, -0.1) is 0 Å². The largest absolute Gasteiger partial charge is 0.504 e. The Balaban J connectivity index is 1.66. The number of aromatic nitrogens is 1. The first kappa shape index (κ1) is 42.9. The van der Waals surface area contributed by atoms with Crippen molar-refractivity contribution in [2.24, 2.45) is 4.99 Å². The van der Waals surface area contributed by atoms with Crippen LogP contribution in [0.3, 0.4) is 0 Å². The molecule has 0 saturated carbocycles. The van der Waals surface area contributed by atoms with Gasteiger partial charge in [-0.25, -0.2) is 4.99 Å². The van der Waals surface area contributed by atoms with Gasteiger partial charge in [0.25, 0.3) is 0 Å². The van der Waals surface area contributed by atoms with Crippen molar-refractivity contribution in [3.8, 4) is 22.4 Å². The van der Waals surface area contributed by atoms with E-state index in [-0.39, 0.29) is 21.7 Å². The van der Waals surface area contributed by atoms with E-state index in [2.05, 4.69) is 203 Å². The monoisotopic (exact) mass is 781 g/mol. The van der Waals surface area contributed by atoms with E-state index < -0.39 is 0 Å². The Kier molecular flexibility index (Phi) is 12.0. The number of nitrogens with one attached hydrogen (secondary N) is 1. The fourth-order valence-electron chi connectivity index (χ4n) is 7.41. The van der Waals surface area contributed by atoms with Crippen LogP contribution >= 0.6 is 0 Å². The van der Waals surface area contributed by atoms with Crippen LogP contribution in [0.1, 0.15) is 122 Å². The van der Waals surface area contributed by atoms with E-state index in [0.29, 0.717) is 0 Å². The second-order valence-corrected chi connectivity index (χ2v) is 20.0. The normalized spacial score (nSPS) is 14.9. The maximum atomic E-state index is 5.57. The van der Waals surface area contributed by atoms with Gasteiger partial charge >= 0.3 is 0 Å². The molecule has 0 atom stereocenters. The number of methoxy groups -OCH3 is 1. The van der Waals surface area contributed by atoms with E-state index >= 15 is 0 Å². The maximum absolute atomic E-state index is 5.57. The number of rotatable bonds is 9. The Labute approximate surface area is 355 Å². The highest BCUT2D eigenvalue weighted by molar-refractivity contribution is 6.20. The molecule has 0 fully saturated rings. The van der Waals surface area contributed by atoms with Crippen LogP contribution in [0.5, 0.6) is 0 Å². The Morgan fingerprint density at radius 3 is 1.42 bits per heavy atom. The lowest BCUT2D eigenvalue weighted by Crippen LogP contribution is -2.11. The number of benzene rings is 4. The number of hydrogen-bond donors (Lipinski definition) is 1. The molecular formula is C56H64N2O. The maximum Gasteiger partial charge on any atom is 0.0824 e. The molecule has 304 valence electrons. The van der Waals surface area contributed by atoms with E-state index in [0.717, 1.165) is 67.3 Å². The van der Waals surface area contributed by atoms with Gasteiger partial charge in [0.1, 0.15) is 0 Å². The number of allylic oxidation sites excluding steroid dienone is 7. The average molecular weight is 781 g/mol. The van der Waals surface area contributed by atoms with Gasteiger partial charge in [0.05, 0.1) is 30.5 Å². The average Bonchev–Trinajstić information content (AvgIpc) is 3.82. The summed E-state index contributed by atoms with van der Waals surface area (Å²) in [4.78, 5) is 9.52. The predicted molar refractivity (Wildman–Crippen MR) is 255 cm³/mol. The van der Waals surface area contributed by atoms with Gasteiger partial charge in [-0.05, 0) is 84.4 Å². The second kappa shape index (κ2) is 16.5. The summed E-state index contributed by atoms with van der Waals surface area (Å²) in [6.07, 6.45) is 9.84. The van der Waals surface area contributed by atoms with Gasteiger partial charge in [0.15, 0.2) is 0 Å². The van der Waals surface area contributed by atoms with Crippen molar-refractivity contribution in [1.82, 2.24) is 4.98 Å². The zero-order valence-electron chi connectivity index (χ0n) is 37.8. The molecule has 0 aliphatic carbocycles. The van der Waals surface area contributed by atoms with Crippen LogP contribution in [-0.4, -0.2) is 17.8 Å². The molecule has 1 aliphatic rings. The first-order chi connectivity index (χ1) is 27.6. The molecule has 0 radical (unpaired) electrons. The fraction of sp³-hybridized carbons (Fsp3) is 0.304. The molecule has 4 aromatic carbocycles. The van der Waals surface area contributed by atoms with Crippen molar-refractivity contribution in [3.05, 3.63) is 191 Å². The second-order valence-electron chi connectivity index (χ2n) is 20.0. The Hall–Kier alpha value is -5.67. The highest BCUT2D eigenvalue weighted by Gasteiger charge is 2.28. The lowest BCUT2D eigenvalue weighted by atomic mass is 9.85. The molecule has 6 rings (SSSR count). The molecule has 2 heterocycles. The van der Waals surface area contributed by atoms with Crippen LogP contribution in [0.25, 0.3) is 33.5 Å². The third kappa shape index (κ3) is 9.80. The number of aliphatic imine (C=N–C) groups is 1. The third-order valence-electron chi connectivity index (χ3n) is 11.2. The Bertz CT molecular complexity index is 2450. The molecular weight excluding hydrogens is 717 g/mol. The number of H-pyrrole nitrogens is 1. The Morgan fingerprint density at radius 2 is 0.983 bits per heavy atom. The summed E-state index contributed by atoms with van der Waals surface area (Å²) in [6.45, 7) is 31.8. The SMILES string of the molecule is C=C(/C=C\C=C/OC)/C(=C1/N=C(c2ccc(C(C)(C)C)cc2)C=C1c1ccc(C(C)(C)C)cc1)c1[nH]c(-c2ccc(C(C)(C)C)cc2)cc1-c1ccc(C(C)(C)C)cc1. The van der Waals surface area contributed by atoms with Crippen LogP contribution in [0.2, 0.25) is 0 Å². The van der Waals surface area contributed by atoms with E-state index in [1.165, 1.54) is 22.3 Å². The molecule has 0 spiro atoms. The van der Waals surface area contributed by atoms with Crippen molar-refractivity contribution in [2.75, 3.05) is 7.11 Å². The van der Waals surface area contributed by atoms with Crippen LogP contribution in [-0.2, 0) is 26.4 Å². The van der Waals surface area contributed by atoms with Crippen molar-refractivity contribution >= 4 is 16.9 Å². The van der Waals surface area contributed by atoms with E-state index in [4.69, 9.17) is 16.3 Å². The predicted octanol–water partition coefficient (Wildman–Crippen LogP) is 15.1. The number of hydrogen-bond acceptors (Lipinski definition) is 2. The lowest BCUT2D eigenvalue weighted by molar-refractivity contribution is 0.338. The molecule has 0 saturated heterocycles. The van der Waals surface area contributed by atoms with Crippen LogP contribution in [0, 0.1) is 0 Å². The first-order valence-electron chi connectivity index (χ1n) is 20.9. The molecule has 0 unspecified atom stereocenters. The quantitative estimate of drug-likeness (QED) is 0.117. The molecule has 3 heteroatoms. The number of aromatic amines is 1. The van der Waals surface area contributed by atoms with Crippen molar-refractivity contribution in [1.29, 1.82) is 0 Å². The lowest BCUT2D eigenvalue weighted by Gasteiger charge is -2.20. The van der Waals surface area contributed by atoms with Gasteiger partial charge in [-0.3, -0.25) is 0 Å². The molecule has 1 aromatic heterocycles. The van der Waals surface area contributed by atoms with Crippen molar-refractivity contribution in [3.63, 3.8) is 0 Å². The van der Waals surface area contributed by atoms with Crippen LogP contribution in [0.4, 0.5) is 0 Å². The van der Waals surface area contributed by atoms with Gasteiger partial charge in [-0.1, -0.05) is 199 Å². The zero-order valence-corrected chi connectivity index (χ0v) is 37.8. The van der Waals surface area contributed by atoms with Gasteiger partial charge in [0, 0.05) is 28.0 Å². The topological polar surface area (TPSA) is 37.4 Å². The highest BCUT2D eigenvalue weighted by atomic mass is 16.5. The third-order valence-corrected chi connectivity index (χ3v) is 11.2. The number of nitrogens with zero attached hydrogens (tertiary/aromatic N) is 1. The Morgan fingerprint density at radius 1 is 0.559 bits per heavy atom. The summed E-state index contributed by atoms with van der Waals surface area (Å²) in [7, 11) is 1.66. The molecule has 0 amide bonds. The zero-order chi connectivity index (χ0) is 42.9. The molecule has 59 heavy (non-hydrogen) atoms. The van der Waals surface area contributed by atoms with Crippen LogP contribution < -0.4 is 0 Å². The summed E-state index contributed by atoms with van der Waals surface area (Å²) < 4.78 is 5.25. The summed E-state index contributed by atoms with van der Waals surface area (Å²) in [5.74, 6) is 0. The minimum Gasteiger partial charge on any atom is -0.504 e. The van der Waals surface area contributed by atoms with E-state index in [1.807, 2.05) is 12.2 Å². The van der Waals surface area contributed by atoms with Gasteiger partial charge in [0.2, 0.25) is 0 Å². The fourth-order valence-corrected chi connectivity index (χ4v) is 7.41.